The van der Waals surface area contributed by atoms with Crippen LogP contribution in [0.2, 0.25) is 0 Å². The van der Waals surface area contributed by atoms with Crippen LogP contribution in [0, 0.1) is 0 Å². The fraction of sp³-hybridized carbons (Fsp3) is 0.364. The summed E-state index contributed by atoms with van der Waals surface area (Å²) in [6.07, 6.45) is 2.43. The second-order valence-electron chi connectivity index (χ2n) is 7.07. The summed E-state index contributed by atoms with van der Waals surface area (Å²) in [5, 5.41) is 3.13. The Labute approximate surface area is 179 Å². The minimum atomic E-state index is 0.0481. The minimum Gasteiger partial charge on any atom is -0.497 e. The summed E-state index contributed by atoms with van der Waals surface area (Å²) < 4.78 is 7.37. The Morgan fingerprint density at radius 3 is 2.69 bits per heavy atom. The van der Waals surface area contributed by atoms with Crippen LogP contribution >= 0.6 is 23.1 Å². The van der Waals surface area contributed by atoms with Crippen molar-refractivity contribution in [2.24, 2.45) is 0 Å². The van der Waals surface area contributed by atoms with Crippen LogP contribution in [0.5, 0.6) is 5.75 Å². The first-order valence-electron chi connectivity index (χ1n) is 9.86. The van der Waals surface area contributed by atoms with Crippen LogP contribution < -0.4 is 10.1 Å². The molecule has 1 N–H and O–H groups in total. The Hall–Kier alpha value is -2.09. The number of para-hydroxylation sites is 1. The molecule has 2 heterocycles. The number of hydrogen-bond acceptors (Lipinski definition) is 6. The van der Waals surface area contributed by atoms with Crippen molar-refractivity contribution in [2.75, 3.05) is 32.5 Å². The SMILES string of the molecule is COc1ccc(C(CNC(=O)CSc2nc3ccccc3s2)N2CCCC2)cc1. The Morgan fingerprint density at radius 2 is 1.97 bits per heavy atom. The number of rotatable bonds is 8. The quantitative estimate of drug-likeness (QED) is 0.542. The third-order valence-electron chi connectivity index (χ3n) is 5.18. The van der Waals surface area contributed by atoms with Gasteiger partial charge in [-0.15, -0.1) is 11.3 Å². The van der Waals surface area contributed by atoms with Gasteiger partial charge in [0.05, 0.1) is 29.1 Å². The van der Waals surface area contributed by atoms with Gasteiger partial charge in [0, 0.05) is 6.54 Å². The Balaban J connectivity index is 1.35. The van der Waals surface area contributed by atoms with E-state index < -0.39 is 0 Å². The predicted molar refractivity (Wildman–Crippen MR) is 120 cm³/mol. The maximum atomic E-state index is 12.5. The van der Waals surface area contributed by atoms with Gasteiger partial charge in [-0.3, -0.25) is 9.69 Å². The lowest BCUT2D eigenvalue weighted by Gasteiger charge is -2.28. The summed E-state index contributed by atoms with van der Waals surface area (Å²) >= 11 is 3.14. The second-order valence-corrected chi connectivity index (χ2v) is 9.33. The molecule has 1 unspecified atom stereocenters. The number of nitrogens with zero attached hydrogens (tertiary/aromatic N) is 2. The van der Waals surface area contributed by atoms with E-state index in [9.17, 15) is 4.79 Å². The van der Waals surface area contributed by atoms with Crippen molar-refractivity contribution < 1.29 is 9.53 Å². The van der Waals surface area contributed by atoms with Gasteiger partial charge >= 0.3 is 0 Å². The first-order valence-corrected chi connectivity index (χ1v) is 11.7. The number of thiazole rings is 1. The number of likely N-dealkylation sites (tertiary alicyclic amines) is 1. The molecule has 2 aromatic carbocycles. The molecule has 0 aliphatic carbocycles. The summed E-state index contributed by atoms with van der Waals surface area (Å²) in [6.45, 7) is 2.77. The number of aromatic nitrogens is 1. The van der Waals surface area contributed by atoms with E-state index in [2.05, 4.69) is 33.4 Å². The number of ether oxygens (including phenoxy) is 1. The molecule has 1 aromatic heterocycles. The maximum absolute atomic E-state index is 12.5. The van der Waals surface area contributed by atoms with Crippen LogP contribution in [0.4, 0.5) is 0 Å². The highest BCUT2D eigenvalue weighted by molar-refractivity contribution is 8.01. The molecule has 29 heavy (non-hydrogen) atoms. The Bertz CT molecular complexity index is 919. The van der Waals surface area contributed by atoms with E-state index in [1.807, 2.05) is 30.3 Å². The smallest absolute Gasteiger partial charge is 0.230 e. The third kappa shape index (κ3) is 5.10. The molecule has 3 aromatic rings. The van der Waals surface area contributed by atoms with Crippen molar-refractivity contribution in [3.05, 3.63) is 54.1 Å². The van der Waals surface area contributed by atoms with Crippen molar-refractivity contribution >= 4 is 39.2 Å². The lowest BCUT2D eigenvalue weighted by molar-refractivity contribution is -0.118. The average Bonchev–Trinajstić information content (AvgIpc) is 3.42. The normalized spacial score (nSPS) is 15.5. The van der Waals surface area contributed by atoms with Crippen molar-refractivity contribution in [3.63, 3.8) is 0 Å². The van der Waals surface area contributed by atoms with Gasteiger partial charge in [-0.1, -0.05) is 36.0 Å². The number of fused-ring (bicyclic) bond motifs is 1. The maximum Gasteiger partial charge on any atom is 0.230 e. The van der Waals surface area contributed by atoms with Crippen molar-refractivity contribution in [2.45, 2.75) is 23.2 Å². The number of methoxy groups -OCH3 is 1. The molecule has 0 radical (unpaired) electrons. The van der Waals surface area contributed by atoms with Gasteiger partial charge in [0.1, 0.15) is 5.75 Å². The zero-order chi connectivity index (χ0) is 20.1. The summed E-state index contributed by atoms with van der Waals surface area (Å²) in [6, 6.07) is 16.4. The molecule has 1 fully saturated rings. The number of nitrogens with one attached hydrogen (secondary N) is 1. The monoisotopic (exact) mass is 427 g/mol. The Kier molecular flexibility index (Phi) is 6.69. The fourth-order valence-corrected chi connectivity index (χ4v) is 5.54. The molecule has 1 aliphatic rings. The first kappa shape index (κ1) is 20.2. The number of carbonyl (C=O) groups excluding carboxylic acids is 1. The van der Waals surface area contributed by atoms with E-state index in [0.29, 0.717) is 12.3 Å². The van der Waals surface area contributed by atoms with Gasteiger partial charge < -0.3 is 10.1 Å². The van der Waals surface area contributed by atoms with E-state index >= 15 is 0 Å². The number of carbonyl (C=O) groups is 1. The molecular weight excluding hydrogens is 402 g/mol. The fourth-order valence-electron chi connectivity index (χ4n) is 3.64. The van der Waals surface area contributed by atoms with Crippen LogP contribution in [-0.4, -0.2) is 48.3 Å². The van der Waals surface area contributed by atoms with Crippen molar-refractivity contribution in [1.82, 2.24) is 15.2 Å². The van der Waals surface area contributed by atoms with E-state index in [0.717, 1.165) is 33.4 Å². The highest BCUT2D eigenvalue weighted by atomic mass is 32.2. The van der Waals surface area contributed by atoms with Gasteiger partial charge in [0.2, 0.25) is 5.91 Å². The number of benzene rings is 2. The van der Waals surface area contributed by atoms with E-state index in [4.69, 9.17) is 4.74 Å². The summed E-state index contributed by atoms with van der Waals surface area (Å²) in [7, 11) is 1.68. The molecule has 1 aliphatic heterocycles. The largest absolute Gasteiger partial charge is 0.497 e. The van der Waals surface area contributed by atoms with E-state index in [-0.39, 0.29) is 11.9 Å². The zero-order valence-corrected chi connectivity index (χ0v) is 18.1. The molecule has 5 nitrogen and oxygen atoms in total. The molecule has 0 saturated carbocycles. The highest BCUT2D eigenvalue weighted by Gasteiger charge is 2.24. The highest BCUT2D eigenvalue weighted by Crippen LogP contribution is 2.29. The van der Waals surface area contributed by atoms with Crippen LogP contribution in [0.1, 0.15) is 24.4 Å². The van der Waals surface area contributed by atoms with Crippen LogP contribution in [0.15, 0.2) is 52.9 Å². The number of amides is 1. The third-order valence-corrected chi connectivity index (χ3v) is 7.35. The molecule has 0 bridgehead atoms. The molecule has 7 heteroatoms. The lowest BCUT2D eigenvalue weighted by Crippen LogP contribution is -2.37. The van der Waals surface area contributed by atoms with Gasteiger partial charge in [-0.25, -0.2) is 4.98 Å². The van der Waals surface area contributed by atoms with Gasteiger partial charge in [-0.2, -0.15) is 0 Å². The van der Waals surface area contributed by atoms with Crippen molar-refractivity contribution in [3.8, 4) is 5.75 Å². The number of hydrogen-bond donors (Lipinski definition) is 1. The van der Waals surface area contributed by atoms with Crippen LogP contribution in [0.25, 0.3) is 10.2 Å². The average molecular weight is 428 g/mol. The summed E-state index contributed by atoms with van der Waals surface area (Å²) in [5.74, 6) is 1.28. The Morgan fingerprint density at radius 1 is 1.21 bits per heavy atom. The molecule has 1 atom stereocenters. The topological polar surface area (TPSA) is 54.5 Å². The standard InChI is InChI=1S/C22H25N3O2S2/c1-27-17-10-8-16(9-11-17)19(25-12-4-5-13-25)14-23-21(26)15-28-22-24-18-6-2-3-7-20(18)29-22/h2-3,6-11,19H,4-5,12-15H2,1H3,(H,23,26). The second kappa shape index (κ2) is 9.61. The predicted octanol–water partition coefficient (Wildman–Crippen LogP) is 4.35. The van der Waals surface area contributed by atoms with Gasteiger partial charge in [0.15, 0.2) is 4.34 Å². The molecule has 152 valence electrons. The minimum absolute atomic E-state index is 0.0481. The summed E-state index contributed by atoms with van der Waals surface area (Å²) in [4.78, 5) is 19.5. The first-order chi connectivity index (χ1) is 14.2. The van der Waals surface area contributed by atoms with Crippen LogP contribution in [0.3, 0.4) is 0 Å². The van der Waals surface area contributed by atoms with Gasteiger partial charge in [0.25, 0.3) is 0 Å². The molecule has 0 spiro atoms. The molecule has 1 saturated heterocycles. The van der Waals surface area contributed by atoms with E-state index in [1.165, 1.54) is 30.2 Å². The molecule has 1 amide bonds. The lowest BCUT2D eigenvalue weighted by atomic mass is 10.1. The van der Waals surface area contributed by atoms with Gasteiger partial charge in [-0.05, 0) is 55.8 Å². The van der Waals surface area contributed by atoms with Crippen molar-refractivity contribution in [1.29, 1.82) is 0 Å². The molecular formula is C22H25N3O2S2. The molecule has 4 rings (SSSR count). The van der Waals surface area contributed by atoms with Crippen LogP contribution in [-0.2, 0) is 4.79 Å². The summed E-state index contributed by atoms with van der Waals surface area (Å²) in [5.41, 5.74) is 2.21. The van der Waals surface area contributed by atoms with E-state index in [1.54, 1.807) is 18.4 Å². The zero-order valence-electron chi connectivity index (χ0n) is 16.5. The number of thioether (sulfide) groups is 1.